The van der Waals surface area contributed by atoms with Gasteiger partial charge in [-0.2, -0.15) is 0 Å². The van der Waals surface area contributed by atoms with Crippen molar-refractivity contribution in [3.8, 4) is 0 Å². The maximum atomic E-state index is 10.2. The Bertz CT molecular complexity index is 427. The van der Waals surface area contributed by atoms with Crippen molar-refractivity contribution in [3.63, 3.8) is 0 Å². The lowest BCUT2D eigenvalue weighted by atomic mass is 9.69. The van der Waals surface area contributed by atoms with E-state index in [9.17, 15) is 5.11 Å². The fraction of sp³-hybridized carbons (Fsp3) is 0.867. The molecular weight excluding hydrogens is 212 g/mol. The number of aliphatic hydroxyl groups excluding tert-OH is 1. The minimum Gasteiger partial charge on any atom is -0.386 e. The highest BCUT2D eigenvalue weighted by Gasteiger charge is 2.83. The first kappa shape index (κ1) is 10.6. The molecule has 0 amide bonds. The molecule has 1 spiro atoms. The molecule has 4 rings (SSSR count). The van der Waals surface area contributed by atoms with E-state index >= 15 is 0 Å². The number of ether oxygens (including phenoxy) is 1. The SMILES string of the molecule is C=C1C(O)C2OC23CC2CC(C)(C)CC2C13C. The Morgan fingerprint density at radius 3 is 2.65 bits per heavy atom. The van der Waals surface area contributed by atoms with E-state index in [2.05, 4.69) is 27.4 Å². The number of rotatable bonds is 0. The number of fused-ring (bicyclic) bond motifs is 2. The standard InChI is InChI=1S/C15H22O2/c1-8-11(16)12-15(17-12)6-9-5-13(2,3)7-10(9)14(8,15)4/h9-12,16H,1,5-7H2,2-4H3. The summed E-state index contributed by atoms with van der Waals surface area (Å²) in [6.07, 6.45) is 3.38. The van der Waals surface area contributed by atoms with Crippen LogP contribution in [-0.4, -0.2) is 22.9 Å². The van der Waals surface area contributed by atoms with Gasteiger partial charge in [0.15, 0.2) is 0 Å². The summed E-state index contributed by atoms with van der Waals surface area (Å²) in [4.78, 5) is 0. The Hall–Kier alpha value is -0.340. The normalized spacial score (nSPS) is 62.2. The highest BCUT2D eigenvalue weighted by Crippen LogP contribution is 2.77. The Kier molecular flexibility index (Phi) is 1.56. The van der Waals surface area contributed by atoms with Gasteiger partial charge in [-0.25, -0.2) is 0 Å². The van der Waals surface area contributed by atoms with Gasteiger partial charge in [0.25, 0.3) is 0 Å². The van der Waals surface area contributed by atoms with Gasteiger partial charge in [-0.15, -0.1) is 0 Å². The Balaban J connectivity index is 1.79. The van der Waals surface area contributed by atoms with Crippen molar-refractivity contribution in [2.75, 3.05) is 0 Å². The van der Waals surface area contributed by atoms with E-state index in [0.29, 0.717) is 11.3 Å². The van der Waals surface area contributed by atoms with Crippen LogP contribution in [-0.2, 0) is 4.74 Å². The molecule has 1 heterocycles. The van der Waals surface area contributed by atoms with E-state index in [1.807, 2.05) is 0 Å². The van der Waals surface area contributed by atoms with Gasteiger partial charge < -0.3 is 9.84 Å². The third-order valence-electron chi connectivity index (χ3n) is 6.39. The third kappa shape index (κ3) is 0.910. The summed E-state index contributed by atoms with van der Waals surface area (Å²) < 4.78 is 5.94. The molecule has 0 aromatic rings. The van der Waals surface area contributed by atoms with Crippen LogP contribution in [0.15, 0.2) is 12.2 Å². The molecule has 3 aliphatic carbocycles. The lowest BCUT2D eigenvalue weighted by molar-refractivity contribution is 0.0805. The fourth-order valence-electron chi connectivity index (χ4n) is 5.60. The van der Waals surface area contributed by atoms with Crippen LogP contribution < -0.4 is 0 Å². The molecular formula is C15H22O2. The molecule has 3 saturated carbocycles. The van der Waals surface area contributed by atoms with Crippen molar-refractivity contribution in [1.29, 1.82) is 0 Å². The van der Waals surface area contributed by atoms with Crippen molar-refractivity contribution < 1.29 is 9.84 Å². The van der Waals surface area contributed by atoms with Crippen LogP contribution >= 0.6 is 0 Å². The highest BCUT2D eigenvalue weighted by molar-refractivity contribution is 5.43. The largest absolute Gasteiger partial charge is 0.386 e. The van der Waals surface area contributed by atoms with Gasteiger partial charge in [0.2, 0.25) is 0 Å². The zero-order chi connectivity index (χ0) is 12.2. The van der Waals surface area contributed by atoms with Crippen molar-refractivity contribution in [3.05, 3.63) is 12.2 Å². The van der Waals surface area contributed by atoms with Gasteiger partial charge in [-0.05, 0) is 42.1 Å². The first-order valence-electron chi connectivity index (χ1n) is 6.87. The highest BCUT2D eigenvalue weighted by atomic mass is 16.6. The molecule has 4 fully saturated rings. The van der Waals surface area contributed by atoms with Crippen LogP contribution in [0.1, 0.15) is 40.0 Å². The number of aliphatic hydroxyl groups is 1. The first-order chi connectivity index (χ1) is 7.82. The first-order valence-corrected chi connectivity index (χ1v) is 6.87. The Morgan fingerprint density at radius 1 is 1.24 bits per heavy atom. The van der Waals surface area contributed by atoms with E-state index in [4.69, 9.17) is 4.74 Å². The Labute approximate surface area is 103 Å². The number of hydrogen-bond donors (Lipinski definition) is 1. The summed E-state index contributed by atoms with van der Waals surface area (Å²) in [6.45, 7) is 11.3. The van der Waals surface area contributed by atoms with Gasteiger partial charge in [-0.1, -0.05) is 27.4 Å². The third-order valence-corrected chi connectivity index (χ3v) is 6.39. The summed E-state index contributed by atoms with van der Waals surface area (Å²) in [7, 11) is 0. The maximum Gasteiger partial charge on any atom is 0.118 e. The average Bonchev–Trinajstić information content (AvgIpc) is 2.77. The summed E-state index contributed by atoms with van der Waals surface area (Å²) in [5.41, 5.74) is 1.52. The lowest BCUT2D eigenvalue weighted by Gasteiger charge is -2.36. The summed E-state index contributed by atoms with van der Waals surface area (Å²) in [6, 6.07) is 0. The summed E-state index contributed by atoms with van der Waals surface area (Å²) in [5, 5.41) is 10.2. The molecule has 94 valence electrons. The quantitative estimate of drug-likeness (QED) is 0.516. The van der Waals surface area contributed by atoms with Crippen LogP contribution in [0.3, 0.4) is 0 Å². The lowest BCUT2D eigenvalue weighted by Crippen LogP contribution is -2.35. The molecule has 2 nitrogen and oxygen atoms in total. The molecule has 1 N–H and O–H groups in total. The monoisotopic (exact) mass is 234 g/mol. The topological polar surface area (TPSA) is 32.8 Å². The predicted molar refractivity (Wildman–Crippen MR) is 65.5 cm³/mol. The molecule has 6 atom stereocenters. The van der Waals surface area contributed by atoms with Crippen molar-refractivity contribution in [2.24, 2.45) is 22.7 Å². The smallest absolute Gasteiger partial charge is 0.118 e. The van der Waals surface area contributed by atoms with E-state index in [0.717, 1.165) is 17.9 Å². The fourth-order valence-corrected chi connectivity index (χ4v) is 5.60. The van der Waals surface area contributed by atoms with Crippen LogP contribution in [0.2, 0.25) is 0 Å². The number of epoxide rings is 1. The maximum absolute atomic E-state index is 10.2. The van der Waals surface area contributed by atoms with Crippen LogP contribution in [0.25, 0.3) is 0 Å². The summed E-state index contributed by atoms with van der Waals surface area (Å²) >= 11 is 0. The molecule has 1 saturated heterocycles. The molecule has 17 heavy (non-hydrogen) atoms. The van der Waals surface area contributed by atoms with Gasteiger partial charge in [0, 0.05) is 5.41 Å². The predicted octanol–water partition coefficient (Wildman–Crippen LogP) is 2.52. The molecule has 0 aromatic heterocycles. The van der Waals surface area contributed by atoms with Crippen molar-refractivity contribution in [2.45, 2.75) is 57.8 Å². The molecule has 4 aliphatic rings. The van der Waals surface area contributed by atoms with E-state index in [1.54, 1.807) is 0 Å². The Morgan fingerprint density at radius 2 is 1.94 bits per heavy atom. The van der Waals surface area contributed by atoms with Gasteiger partial charge in [0.05, 0.1) is 0 Å². The van der Waals surface area contributed by atoms with Crippen molar-refractivity contribution in [1.82, 2.24) is 0 Å². The zero-order valence-corrected chi connectivity index (χ0v) is 11.0. The minimum atomic E-state index is -0.412. The van der Waals surface area contributed by atoms with Gasteiger partial charge >= 0.3 is 0 Å². The van der Waals surface area contributed by atoms with E-state index in [1.165, 1.54) is 12.8 Å². The molecule has 1 aliphatic heterocycles. The van der Waals surface area contributed by atoms with Gasteiger partial charge in [-0.3, -0.25) is 0 Å². The van der Waals surface area contributed by atoms with E-state index < -0.39 is 6.10 Å². The zero-order valence-electron chi connectivity index (χ0n) is 11.0. The molecule has 0 aromatic carbocycles. The average molecular weight is 234 g/mol. The van der Waals surface area contributed by atoms with E-state index in [-0.39, 0.29) is 17.1 Å². The molecule has 0 radical (unpaired) electrons. The second-order valence-corrected chi connectivity index (χ2v) is 7.74. The van der Waals surface area contributed by atoms with Crippen LogP contribution in [0.5, 0.6) is 0 Å². The van der Waals surface area contributed by atoms with Gasteiger partial charge in [0.1, 0.15) is 17.8 Å². The number of hydrogen-bond acceptors (Lipinski definition) is 2. The van der Waals surface area contributed by atoms with Crippen LogP contribution in [0.4, 0.5) is 0 Å². The molecule has 6 unspecified atom stereocenters. The second kappa shape index (κ2) is 2.50. The second-order valence-electron chi connectivity index (χ2n) is 7.74. The summed E-state index contributed by atoms with van der Waals surface area (Å²) in [5.74, 6) is 1.45. The van der Waals surface area contributed by atoms with Crippen LogP contribution in [0, 0.1) is 22.7 Å². The molecule has 2 heteroatoms. The molecule has 0 bridgehead atoms. The minimum absolute atomic E-state index is 0.0324. The van der Waals surface area contributed by atoms with Crippen molar-refractivity contribution >= 4 is 0 Å².